The van der Waals surface area contributed by atoms with E-state index in [9.17, 15) is 9.59 Å². The molecule has 7 heteroatoms. The summed E-state index contributed by atoms with van der Waals surface area (Å²) in [6, 6.07) is 25.1. The number of nitrogens with one attached hydrogen (secondary N) is 1. The number of imide groups is 1. The van der Waals surface area contributed by atoms with Gasteiger partial charge < -0.3 is 9.88 Å². The van der Waals surface area contributed by atoms with Crippen molar-refractivity contribution >= 4 is 23.4 Å². The Kier molecular flexibility index (Phi) is 7.72. The highest BCUT2D eigenvalue weighted by Crippen LogP contribution is 2.28. The molecule has 0 radical (unpaired) electrons. The number of fused-ring (bicyclic) bond motifs is 1. The average Bonchev–Trinajstić information content (AvgIpc) is 3.43. The second kappa shape index (κ2) is 11.3. The van der Waals surface area contributed by atoms with Crippen molar-refractivity contribution in [2.75, 3.05) is 13.1 Å². The first kappa shape index (κ1) is 25.9. The lowest BCUT2D eigenvalue weighted by atomic mass is 10.0. The molecule has 0 aliphatic carbocycles. The summed E-state index contributed by atoms with van der Waals surface area (Å²) in [6.45, 7) is 6.05. The summed E-state index contributed by atoms with van der Waals surface area (Å²) in [5.74, 6) is 0.782. The third-order valence-corrected chi connectivity index (χ3v) is 7.10. The summed E-state index contributed by atoms with van der Waals surface area (Å²) in [4.78, 5) is 31.8. The third-order valence-electron chi connectivity index (χ3n) is 6.87. The number of rotatable bonds is 10. The van der Waals surface area contributed by atoms with Crippen LogP contribution in [0, 0.1) is 5.92 Å². The van der Waals surface area contributed by atoms with E-state index in [1.54, 1.807) is 24.3 Å². The first-order valence-electron chi connectivity index (χ1n) is 13.0. The van der Waals surface area contributed by atoms with Gasteiger partial charge in [-0.2, -0.15) is 0 Å². The number of carbonyl (C=O) groups excluding carboxylic acids is 2. The molecular formula is C31H31ClN4O2. The second-order valence-corrected chi connectivity index (χ2v) is 10.4. The molecule has 1 aliphatic rings. The highest BCUT2D eigenvalue weighted by Gasteiger charge is 2.34. The monoisotopic (exact) mass is 526 g/mol. The van der Waals surface area contributed by atoms with Crippen LogP contribution in [0.15, 0.2) is 85.1 Å². The van der Waals surface area contributed by atoms with E-state index in [1.807, 2.05) is 42.5 Å². The van der Waals surface area contributed by atoms with Crippen LogP contribution in [-0.2, 0) is 6.54 Å². The van der Waals surface area contributed by atoms with Crippen molar-refractivity contribution in [1.82, 2.24) is 19.8 Å². The van der Waals surface area contributed by atoms with Crippen molar-refractivity contribution in [2.45, 2.75) is 32.9 Å². The summed E-state index contributed by atoms with van der Waals surface area (Å²) in [5.41, 5.74) is 4.01. The SMILES string of the molecule is CC(C)C(NCCCN1C(=O)c2ccccc2C1=O)c1nc(-c2cccc(Cl)c2)cn1Cc1ccccc1. The zero-order chi connectivity index (χ0) is 26.6. The van der Waals surface area contributed by atoms with Crippen LogP contribution in [-0.4, -0.2) is 39.4 Å². The van der Waals surface area contributed by atoms with Crippen molar-refractivity contribution in [2.24, 2.45) is 5.92 Å². The molecule has 2 amide bonds. The molecule has 0 saturated carbocycles. The van der Waals surface area contributed by atoms with Gasteiger partial charge >= 0.3 is 0 Å². The fraction of sp³-hybridized carbons (Fsp3) is 0.258. The van der Waals surface area contributed by atoms with E-state index < -0.39 is 0 Å². The van der Waals surface area contributed by atoms with E-state index in [-0.39, 0.29) is 23.8 Å². The maximum absolute atomic E-state index is 12.7. The number of benzene rings is 3. The minimum absolute atomic E-state index is 0.0196. The first-order valence-corrected chi connectivity index (χ1v) is 13.4. The number of hydrogen-bond acceptors (Lipinski definition) is 4. The molecule has 0 fully saturated rings. The van der Waals surface area contributed by atoms with Gasteiger partial charge in [0.2, 0.25) is 0 Å². The van der Waals surface area contributed by atoms with Gasteiger partial charge in [0.05, 0.1) is 22.9 Å². The maximum atomic E-state index is 12.7. The van der Waals surface area contributed by atoms with Crippen LogP contribution in [0.1, 0.15) is 58.4 Å². The maximum Gasteiger partial charge on any atom is 0.261 e. The number of imidazole rings is 1. The van der Waals surface area contributed by atoms with E-state index in [2.05, 4.69) is 42.1 Å². The minimum atomic E-state index is -0.212. The standard InChI is InChI=1S/C31H31ClN4O2/c1-21(2)28(33-16-9-17-36-30(37)25-14-6-7-15-26(25)31(36)38)29-34-27(23-12-8-13-24(32)18-23)20-35(29)19-22-10-4-3-5-11-22/h3-8,10-15,18,20-21,28,33H,9,16-17,19H2,1-2H3. The second-order valence-electron chi connectivity index (χ2n) is 9.95. The van der Waals surface area contributed by atoms with Gasteiger partial charge in [-0.3, -0.25) is 14.5 Å². The van der Waals surface area contributed by atoms with Gasteiger partial charge in [-0.25, -0.2) is 4.98 Å². The molecule has 1 atom stereocenters. The Balaban J connectivity index is 1.33. The fourth-order valence-corrected chi connectivity index (χ4v) is 5.12. The predicted molar refractivity (Wildman–Crippen MR) is 150 cm³/mol. The highest BCUT2D eigenvalue weighted by molar-refractivity contribution is 6.30. The predicted octanol–water partition coefficient (Wildman–Crippen LogP) is 6.22. The highest BCUT2D eigenvalue weighted by atomic mass is 35.5. The smallest absolute Gasteiger partial charge is 0.261 e. The van der Waals surface area contributed by atoms with Crippen molar-refractivity contribution in [3.63, 3.8) is 0 Å². The van der Waals surface area contributed by atoms with Gasteiger partial charge in [-0.05, 0) is 48.7 Å². The molecule has 6 nitrogen and oxygen atoms in total. The first-order chi connectivity index (χ1) is 18.4. The van der Waals surface area contributed by atoms with Crippen molar-refractivity contribution in [1.29, 1.82) is 0 Å². The van der Waals surface area contributed by atoms with Gasteiger partial charge in [0.1, 0.15) is 5.82 Å². The lowest BCUT2D eigenvalue weighted by molar-refractivity contribution is 0.0652. The van der Waals surface area contributed by atoms with E-state index in [0.717, 1.165) is 17.1 Å². The largest absolute Gasteiger partial charge is 0.329 e. The number of halogens is 1. The van der Waals surface area contributed by atoms with E-state index in [0.29, 0.717) is 42.2 Å². The number of amides is 2. The topological polar surface area (TPSA) is 67.2 Å². The van der Waals surface area contributed by atoms with Gasteiger partial charge in [-0.1, -0.05) is 80.0 Å². The Morgan fingerprint density at radius 2 is 1.58 bits per heavy atom. The van der Waals surface area contributed by atoms with Gasteiger partial charge in [0, 0.05) is 29.9 Å². The third kappa shape index (κ3) is 5.42. The van der Waals surface area contributed by atoms with Crippen LogP contribution in [0.25, 0.3) is 11.3 Å². The molecular weight excluding hydrogens is 496 g/mol. The molecule has 3 aromatic carbocycles. The quantitative estimate of drug-likeness (QED) is 0.197. The molecule has 1 unspecified atom stereocenters. The van der Waals surface area contributed by atoms with Crippen molar-refractivity contribution < 1.29 is 9.59 Å². The van der Waals surface area contributed by atoms with Crippen LogP contribution in [0.5, 0.6) is 0 Å². The lowest BCUT2D eigenvalue weighted by Crippen LogP contribution is -2.34. The summed E-state index contributed by atoms with van der Waals surface area (Å²) < 4.78 is 2.20. The van der Waals surface area contributed by atoms with Gasteiger partial charge in [0.15, 0.2) is 0 Å². The molecule has 4 aromatic rings. The van der Waals surface area contributed by atoms with Crippen LogP contribution in [0.4, 0.5) is 0 Å². The summed E-state index contributed by atoms with van der Waals surface area (Å²) >= 11 is 6.27. The van der Waals surface area contributed by atoms with E-state index in [1.165, 1.54) is 10.5 Å². The van der Waals surface area contributed by atoms with Crippen LogP contribution in [0.3, 0.4) is 0 Å². The molecule has 2 heterocycles. The molecule has 0 saturated heterocycles. The molecule has 5 rings (SSSR count). The molecule has 1 aliphatic heterocycles. The average molecular weight is 527 g/mol. The Labute approximate surface area is 228 Å². The van der Waals surface area contributed by atoms with Gasteiger partial charge in [0.25, 0.3) is 11.8 Å². The van der Waals surface area contributed by atoms with Gasteiger partial charge in [-0.15, -0.1) is 0 Å². The van der Waals surface area contributed by atoms with Crippen molar-refractivity contribution in [3.05, 3.63) is 113 Å². The van der Waals surface area contributed by atoms with E-state index >= 15 is 0 Å². The lowest BCUT2D eigenvalue weighted by Gasteiger charge is -2.24. The summed E-state index contributed by atoms with van der Waals surface area (Å²) in [6.07, 6.45) is 2.74. The fourth-order valence-electron chi connectivity index (χ4n) is 4.93. The number of nitrogens with zero attached hydrogens (tertiary/aromatic N) is 3. The Hall–Kier alpha value is -3.74. The van der Waals surface area contributed by atoms with Crippen LogP contribution < -0.4 is 5.32 Å². The molecule has 1 N–H and O–H groups in total. The molecule has 0 spiro atoms. The zero-order valence-electron chi connectivity index (χ0n) is 21.6. The molecule has 38 heavy (non-hydrogen) atoms. The van der Waals surface area contributed by atoms with Crippen molar-refractivity contribution in [3.8, 4) is 11.3 Å². The number of carbonyl (C=O) groups is 2. The minimum Gasteiger partial charge on any atom is -0.329 e. The van der Waals surface area contributed by atoms with Crippen LogP contribution in [0.2, 0.25) is 5.02 Å². The number of aromatic nitrogens is 2. The Bertz CT molecular complexity index is 1410. The Morgan fingerprint density at radius 3 is 2.24 bits per heavy atom. The van der Waals surface area contributed by atoms with Crippen LogP contribution >= 0.6 is 11.6 Å². The molecule has 0 bridgehead atoms. The Morgan fingerprint density at radius 1 is 0.895 bits per heavy atom. The summed E-state index contributed by atoms with van der Waals surface area (Å²) in [7, 11) is 0. The zero-order valence-corrected chi connectivity index (χ0v) is 22.4. The number of hydrogen-bond donors (Lipinski definition) is 1. The van der Waals surface area contributed by atoms with E-state index in [4.69, 9.17) is 16.6 Å². The summed E-state index contributed by atoms with van der Waals surface area (Å²) in [5, 5.41) is 4.33. The normalized spacial score (nSPS) is 13.8. The molecule has 194 valence electrons. The molecule has 1 aromatic heterocycles.